The molecule has 18 atom stereocenters. The molecule has 3 heterocycles. The Balaban J connectivity index is 1.49. The van der Waals surface area contributed by atoms with Gasteiger partial charge in [0.2, 0.25) is 11.8 Å². The first-order chi connectivity index (χ1) is 47.9. The Bertz CT molecular complexity index is 2030. The summed E-state index contributed by atoms with van der Waals surface area (Å²) in [5, 5.41) is 136. The van der Waals surface area contributed by atoms with Gasteiger partial charge in [-0.05, 0) is 38.5 Å². The Morgan fingerprint density at radius 3 is 1.36 bits per heavy atom. The summed E-state index contributed by atoms with van der Waals surface area (Å²) in [6.07, 6.45) is 29.3. The van der Waals surface area contributed by atoms with E-state index in [2.05, 4.69) is 36.6 Å². The minimum Gasteiger partial charge on any atom is -0.477 e. The first-order valence-corrected chi connectivity index (χ1v) is 39.5. The van der Waals surface area contributed by atoms with Gasteiger partial charge in [-0.15, -0.1) is 0 Å². The van der Waals surface area contributed by atoms with Crippen LogP contribution < -0.4 is 10.6 Å². The molecule has 0 aromatic carbocycles. The number of ether oxygens (including phenoxy) is 6. The largest absolute Gasteiger partial charge is 0.477 e. The highest BCUT2D eigenvalue weighted by Gasteiger charge is 2.60. The summed E-state index contributed by atoms with van der Waals surface area (Å²) in [6, 6.07) is -2.53. The number of carbonyl (C=O) groups excluding carboxylic acids is 2. The fourth-order valence-electron chi connectivity index (χ4n) is 13.9. The molecule has 99 heavy (non-hydrogen) atoms. The summed E-state index contributed by atoms with van der Waals surface area (Å²) in [7, 11) is 0. The van der Waals surface area contributed by atoms with Crippen molar-refractivity contribution in [2.24, 2.45) is 0 Å². The van der Waals surface area contributed by atoms with E-state index in [1.54, 1.807) is 0 Å². The molecule has 0 aromatic rings. The Hall–Kier alpha value is -2.53. The molecular formula is C76H142N2O21. The second-order valence-corrected chi connectivity index (χ2v) is 28.9. The van der Waals surface area contributed by atoms with Crippen LogP contribution in [0, 0.1) is 0 Å². The van der Waals surface area contributed by atoms with E-state index in [9.17, 15) is 75.7 Å². The summed E-state index contributed by atoms with van der Waals surface area (Å²) in [5.74, 6) is -6.09. The number of aliphatic carboxylic acids is 1. The molecule has 0 bridgehead atoms. The molecule has 2 amide bonds. The van der Waals surface area contributed by atoms with Crippen molar-refractivity contribution in [3.63, 3.8) is 0 Å². The van der Waals surface area contributed by atoms with Crippen LogP contribution in [0.4, 0.5) is 0 Å². The molecule has 3 aliphatic heterocycles. The second kappa shape index (κ2) is 55.9. The minimum absolute atomic E-state index is 0.226. The highest BCUT2D eigenvalue weighted by molar-refractivity contribution is 5.77. The van der Waals surface area contributed by atoms with Gasteiger partial charge in [0.25, 0.3) is 5.79 Å². The molecule has 3 aliphatic rings. The molecule has 3 saturated heterocycles. The lowest BCUT2D eigenvalue weighted by atomic mass is 9.88. The zero-order valence-corrected chi connectivity index (χ0v) is 61.4. The molecule has 582 valence electrons. The summed E-state index contributed by atoms with van der Waals surface area (Å²) >= 11 is 0. The molecule has 23 heteroatoms. The van der Waals surface area contributed by atoms with Crippen molar-refractivity contribution in [2.45, 2.75) is 426 Å². The lowest BCUT2D eigenvalue weighted by Crippen LogP contribution is -2.70. The Morgan fingerprint density at radius 1 is 0.515 bits per heavy atom. The Labute approximate surface area is 594 Å². The molecule has 0 aromatic heterocycles. The number of rotatable bonds is 62. The van der Waals surface area contributed by atoms with E-state index in [1.165, 1.54) is 212 Å². The van der Waals surface area contributed by atoms with E-state index >= 15 is 0 Å². The lowest BCUT2D eigenvalue weighted by Gasteiger charge is -2.50. The predicted molar refractivity (Wildman–Crippen MR) is 380 cm³/mol. The number of hydrogen-bond donors (Lipinski definition) is 14. The van der Waals surface area contributed by atoms with Crippen molar-refractivity contribution in [3.8, 4) is 0 Å². The van der Waals surface area contributed by atoms with Gasteiger partial charge in [-0.25, -0.2) is 4.79 Å². The van der Waals surface area contributed by atoms with E-state index in [4.69, 9.17) is 28.4 Å². The normalized spacial score (nSPS) is 27.1. The molecule has 0 spiro atoms. The van der Waals surface area contributed by atoms with Gasteiger partial charge in [0, 0.05) is 19.8 Å². The number of carboxylic acid groups (broad SMARTS) is 1. The Morgan fingerprint density at radius 2 is 0.939 bits per heavy atom. The maximum absolute atomic E-state index is 13.5. The zero-order valence-electron chi connectivity index (χ0n) is 61.4. The number of aliphatic hydroxyl groups is 11. The molecule has 0 radical (unpaired) electrons. The van der Waals surface area contributed by atoms with Gasteiger partial charge in [-0.2, -0.15) is 0 Å². The third-order valence-electron chi connectivity index (χ3n) is 20.2. The van der Waals surface area contributed by atoms with Crippen LogP contribution in [0.15, 0.2) is 12.2 Å². The number of nitrogens with one attached hydrogen (secondary N) is 2. The number of carboxylic acids is 1. The first kappa shape index (κ1) is 90.7. The second-order valence-electron chi connectivity index (χ2n) is 28.9. The van der Waals surface area contributed by atoms with Crippen molar-refractivity contribution in [3.05, 3.63) is 12.2 Å². The number of amides is 2. The molecular weight excluding hydrogens is 1280 g/mol. The minimum atomic E-state index is -3.08. The molecule has 0 saturated carbocycles. The van der Waals surface area contributed by atoms with Crippen LogP contribution in [0.2, 0.25) is 0 Å². The summed E-state index contributed by atoms with van der Waals surface area (Å²) in [4.78, 5) is 38.7. The lowest BCUT2D eigenvalue weighted by molar-refractivity contribution is -0.386. The average Bonchev–Trinajstić information content (AvgIpc) is 0.757. The average molecular weight is 1420 g/mol. The van der Waals surface area contributed by atoms with Gasteiger partial charge in [-0.1, -0.05) is 270 Å². The van der Waals surface area contributed by atoms with Gasteiger partial charge >= 0.3 is 5.97 Å². The molecule has 3 fully saturated rings. The predicted octanol–water partition coefficient (Wildman–Crippen LogP) is 9.80. The number of unbranched alkanes of at least 4 members (excludes halogenated alkanes) is 40. The monoisotopic (exact) mass is 1420 g/mol. The van der Waals surface area contributed by atoms with Crippen LogP contribution in [0.1, 0.15) is 316 Å². The maximum Gasteiger partial charge on any atom is 0.364 e. The van der Waals surface area contributed by atoms with Crippen LogP contribution in [0.5, 0.6) is 0 Å². The third-order valence-corrected chi connectivity index (χ3v) is 20.2. The van der Waals surface area contributed by atoms with E-state index < -0.39 is 148 Å². The van der Waals surface area contributed by atoms with Crippen molar-refractivity contribution >= 4 is 17.8 Å². The summed E-state index contributed by atoms with van der Waals surface area (Å²) < 4.78 is 34.9. The SMILES string of the molecule is CCCCCCCCCCCCCC/C=C\CCCCCCCCCCCCCCCC(=O)NC(COC1OC(CO)C(OC2OC(CO)C(O)C(OC3(C(=O)O)CC(O)C(NC(C)=O)C(C(O)C(O)CO)O3)C2O)C(O)C1O)C(O)CCCCCCCCCCCCCCCCCC. The molecule has 14 N–H and O–H groups in total. The maximum atomic E-state index is 13.5. The van der Waals surface area contributed by atoms with Crippen molar-refractivity contribution in [2.75, 3.05) is 26.4 Å². The summed E-state index contributed by atoms with van der Waals surface area (Å²) in [5.41, 5.74) is 0. The van der Waals surface area contributed by atoms with Crippen LogP contribution in [0.25, 0.3) is 0 Å². The van der Waals surface area contributed by atoms with Gasteiger partial charge < -0.3 is 100 Å². The van der Waals surface area contributed by atoms with Crippen molar-refractivity contribution < 1.29 is 104 Å². The quantitative estimate of drug-likeness (QED) is 0.0199. The molecule has 18 unspecified atom stereocenters. The highest BCUT2D eigenvalue weighted by atomic mass is 16.8. The zero-order chi connectivity index (χ0) is 72.5. The van der Waals surface area contributed by atoms with E-state index in [1.807, 2.05) is 0 Å². The van der Waals surface area contributed by atoms with E-state index in [0.717, 1.165) is 58.3 Å². The number of aliphatic hydroxyl groups excluding tert-OH is 11. The number of carbonyl (C=O) groups is 3. The number of allylic oxidation sites excluding steroid dienone is 2. The van der Waals surface area contributed by atoms with Crippen LogP contribution >= 0.6 is 0 Å². The van der Waals surface area contributed by atoms with Gasteiger partial charge in [0.05, 0.1) is 50.7 Å². The topological polar surface area (TPSA) is 373 Å². The van der Waals surface area contributed by atoms with E-state index in [-0.39, 0.29) is 18.9 Å². The highest BCUT2D eigenvalue weighted by Crippen LogP contribution is 2.39. The summed E-state index contributed by atoms with van der Waals surface area (Å²) in [6.45, 7) is 2.25. The molecule has 3 rings (SSSR count). The van der Waals surface area contributed by atoms with Gasteiger partial charge in [0.15, 0.2) is 12.6 Å². The fourth-order valence-corrected chi connectivity index (χ4v) is 13.9. The van der Waals surface area contributed by atoms with E-state index in [0.29, 0.717) is 19.3 Å². The van der Waals surface area contributed by atoms with Gasteiger partial charge in [-0.3, -0.25) is 9.59 Å². The molecule has 23 nitrogen and oxygen atoms in total. The van der Waals surface area contributed by atoms with Crippen molar-refractivity contribution in [1.29, 1.82) is 0 Å². The Kier molecular flexibility index (Phi) is 51.2. The van der Waals surface area contributed by atoms with Crippen LogP contribution in [0.3, 0.4) is 0 Å². The molecule has 0 aliphatic carbocycles. The van der Waals surface area contributed by atoms with Crippen LogP contribution in [-0.4, -0.2) is 215 Å². The number of hydrogen-bond acceptors (Lipinski definition) is 20. The van der Waals surface area contributed by atoms with Gasteiger partial charge in [0.1, 0.15) is 67.1 Å². The smallest absolute Gasteiger partial charge is 0.364 e. The first-order valence-electron chi connectivity index (χ1n) is 39.5. The standard InChI is InChI=1S/C76H142N2O21/c1-4-6-8-10-12-14-16-18-20-22-23-24-25-26-27-28-29-30-31-32-33-34-36-38-40-42-44-46-48-50-63(86)78-57(58(83)49-47-45-43-41-39-37-35-21-19-17-15-13-11-9-7-5-2)55-94-73-68(90)67(89)70(62(54-81)96-73)97-74-69(91)72(66(88)61(53-80)95-74)99-76(75(92)93)51-59(84)64(77-56(3)82)71(98-76)65(87)60(85)52-79/h26-27,57-62,64-74,79-81,83-85,87-91H,4-25,28-55H2,1-3H3,(H,77,82)(H,78,86)(H,92,93)/b27-26-. The third kappa shape index (κ3) is 36.8. The van der Waals surface area contributed by atoms with Crippen molar-refractivity contribution in [1.82, 2.24) is 10.6 Å². The fraction of sp³-hybridized carbons (Fsp3) is 0.934. The van der Waals surface area contributed by atoms with Crippen LogP contribution in [-0.2, 0) is 42.8 Å².